The summed E-state index contributed by atoms with van der Waals surface area (Å²) in [6.07, 6.45) is 7.08. The van der Waals surface area contributed by atoms with Crippen LogP contribution in [0, 0.1) is 5.92 Å². The van der Waals surface area contributed by atoms with Gasteiger partial charge in [0.25, 0.3) is 0 Å². The molecule has 0 saturated heterocycles. The number of rotatable bonds is 5. The van der Waals surface area contributed by atoms with Gasteiger partial charge in [-0.05, 0) is 25.7 Å². The first-order chi connectivity index (χ1) is 7.24. The molecule has 0 amide bonds. The van der Waals surface area contributed by atoms with Crippen LogP contribution in [0.25, 0.3) is 0 Å². The Morgan fingerprint density at radius 2 is 2.07 bits per heavy atom. The van der Waals surface area contributed by atoms with Gasteiger partial charge < -0.3 is 9.84 Å². The van der Waals surface area contributed by atoms with Gasteiger partial charge in [0.1, 0.15) is 0 Å². The van der Waals surface area contributed by atoms with Crippen molar-refractivity contribution in [3.63, 3.8) is 0 Å². The maximum Gasteiger partial charge on any atom is 0.334 e. The highest BCUT2D eigenvalue weighted by Crippen LogP contribution is 2.27. The van der Waals surface area contributed by atoms with E-state index in [4.69, 9.17) is 4.74 Å². The smallest absolute Gasteiger partial charge is 0.334 e. The predicted octanol–water partition coefficient (Wildman–Crippen LogP) is 2.27. The fraction of sp³-hybridized carbons (Fsp3) is 0.917. The van der Waals surface area contributed by atoms with E-state index in [1.165, 1.54) is 32.1 Å². The molecule has 88 valence electrons. The van der Waals surface area contributed by atoms with Crippen molar-refractivity contribution in [3.8, 4) is 0 Å². The number of hydrogen-bond donors (Lipinski definition) is 1. The van der Waals surface area contributed by atoms with Gasteiger partial charge in [0.05, 0.1) is 6.61 Å². The molecule has 0 spiro atoms. The van der Waals surface area contributed by atoms with Gasteiger partial charge in [-0.3, -0.25) is 0 Å². The number of esters is 1. The van der Waals surface area contributed by atoms with E-state index in [9.17, 15) is 9.90 Å². The lowest BCUT2D eigenvalue weighted by Crippen LogP contribution is -2.24. The van der Waals surface area contributed by atoms with Gasteiger partial charge in [0.15, 0.2) is 6.10 Å². The van der Waals surface area contributed by atoms with Crippen molar-refractivity contribution in [2.24, 2.45) is 5.92 Å². The number of aliphatic hydroxyl groups excluding tert-OH is 1. The van der Waals surface area contributed by atoms with Gasteiger partial charge in [-0.15, -0.1) is 0 Å². The molecule has 0 aromatic carbocycles. The highest BCUT2D eigenvalue weighted by Gasteiger charge is 2.19. The second-order valence-corrected chi connectivity index (χ2v) is 4.35. The third-order valence-corrected chi connectivity index (χ3v) is 3.13. The van der Waals surface area contributed by atoms with Crippen molar-refractivity contribution in [1.29, 1.82) is 0 Å². The minimum atomic E-state index is -0.910. The van der Waals surface area contributed by atoms with E-state index in [0.717, 1.165) is 6.42 Å². The van der Waals surface area contributed by atoms with Crippen molar-refractivity contribution in [2.75, 3.05) is 6.61 Å². The van der Waals surface area contributed by atoms with Crippen LogP contribution >= 0.6 is 0 Å². The average Bonchev–Trinajstić information content (AvgIpc) is 2.27. The van der Waals surface area contributed by atoms with Crippen LogP contribution in [-0.2, 0) is 9.53 Å². The maximum absolute atomic E-state index is 11.1. The number of hydrogen-bond acceptors (Lipinski definition) is 3. The summed E-state index contributed by atoms with van der Waals surface area (Å²) in [4.78, 5) is 11.1. The summed E-state index contributed by atoms with van der Waals surface area (Å²) in [5, 5.41) is 9.50. The van der Waals surface area contributed by atoms with Crippen LogP contribution in [0.2, 0.25) is 0 Å². The fourth-order valence-electron chi connectivity index (χ4n) is 2.23. The predicted molar refractivity (Wildman–Crippen MR) is 58.4 cm³/mol. The Morgan fingerprint density at radius 3 is 2.67 bits per heavy atom. The van der Waals surface area contributed by atoms with E-state index >= 15 is 0 Å². The third-order valence-electron chi connectivity index (χ3n) is 3.13. The standard InChI is InChI=1S/C12H22O3/c1-2-15-12(14)11(13)9-8-10-6-4-3-5-7-10/h10-11,13H,2-9H2,1H3. The molecule has 1 unspecified atom stereocenters. The Kier molecular flexibility index (Phi) is 5.69. The molecule has 1 aliphatic rings. The van der Waals surface area contributed by atoms with Gasteiger partial charge in [-0.2, -0.15) is 0 Å². The van der Waals surface area contributed by atoms with Crippen molar-refractivity contribution in [1.82, 2.24) is 0 Å². The molecule has 1 N–H and O–H groups in total. The summed E-state index contributed by atoms with van der Waals surface area (Å²) >= 11 is 0. The van der Waals surface area contributed by atoms with Crippen molar-refractivity contribution in [2.45, 2.75) is 58.0 Å². The van der Waals surface area contributed by atoms with Crippen LogP contribution in [0.15, 0.2) is 0 Å². The first kappa shape index (κ1) is 12.5. The molecule has 0 radical (unpaired) electrons. The van der Waals surface area contributed by atoms with Gasteiger partial charge >= 0.3 is 5.97 Å². The largest absolute Gasteiger partial charge is 0.464 e. The number of carbonyl (C=O) groups excluding carboxylic acids is 1. The second-order valence-electron chi connectivity index (χ2n) is 4.35. The molecular formula is C12H22O3. The molecule has 1 rings (SSSR count). The lowest BCUT2D eigenvalue weighted by Gasteiger charge is -2.22. The van der Waals surface area contributed by atoms with E-state index in [1.807, 2.05) is 0 Å². The van der Waals surface area contributed by atoms with E-state index in [2.05, 4.69) is 0 Å². The zero-order chi connectivity index (χ0) is 11.1. The summed E-state index contributed by atoms with van der Waals surface area (Å²) in [7, 11) is 0. The van der Waals surface area contributed by atoms with Crippen LogP contribution < -0.4 is 0 Å². The van der Waals surface area contributed by atoms with Crippen molar-refractivity contribution in [3.05, 3.63) is 0 Å². The summed E-state index contributed by atoms with van der Waals surface area (Å²) in [6, 6.07) is 0. The molecule has 0 aromatic heterocycles. The Labute approximate surface area is 91.8 Å². The maximum atomic E-state index is 11.1. The van der Waals surface area contributed by atoms with Crippen LogP contribution in [0.4, 0.5) is 0 Å². The normalized spacial score (nSPS) is 19.9. The van der Waals surface area contributed by atoms with E-state index < -0.39 is 12.1 Å². The molecule has 1 atom stereocenters. The van der Waals surface area contributed by atoms with Crippen LogP contribution in [0.1, 0.15) is 51.9 Å². The number of aliphatic hydroxyl groups is 1. The molecule has 3 nitrogen and oxygen atoms in total. The zero-order valence-corrected chi connectivity index (χ0v) is 9.58. The van der Waals surface area contributed by atoms with Crippen LogP contribution in [0.5, 0.6) is 0 Å². The summed E-state index contributed by atoms with van der Waals surface area (Å²) in [6.45, 7) is 2.10. The monoisotopic (exact) mass is 214 g/mol. The molecule has 3 heteroatoms. The Hall–Kier alpha value is -0.570. The molecule has 15 heavy (non-hydrogen) atoms. The topological polar surface area (TPSA) is 46.5 Å². The number of ether oxygens (including phenoxy) is 1. The lowest BCUT2D eigenvalue weighted by molar-refractivity contribution is -0.153. The number of carbonyl (C=O) groups is 1. The van der Waals surface area contributed by atoms with Crippen molar-refractivity contribution >= 4 is 5.97 Å². The zero-order valence-electron chi connectivity index (χ0n) is 9.58. The second kappa shape index (κ2) is 6.83. The minimum absolute atomic E-state index is 0.347. The molecule has 0 heterocycles. The molecule has 1 fully saturated rings. The SMILES string of the molecule is CCOC(=O)C(O)CCC1CCCCC1. The quantitative estimate of drug-likeness (QED) is 0.714. The average molecular weight is 214 g/mol. The lowest BCUT2D eigenvalue weighted by atomic mass is 9.85. The molecule has 1 saturated carbocycles. The summed E-state index contributed by atoms with van der Waals surface area (Å²) < 4.78 is 4.75. The van der Waals surface area contributed by atoms with Crippen LogP contribution in [0.3, 0.4) is 0 Å². The van der Waals surface area contributed by atoms with E-state index in [1.54, 1.807) is 6.92 Å². The third kappa shape index (κ3) is 4.65. The highest BCUT2D eigenvalue weighted by atomic mass is 16.5. The Morgan fingerprint density at radius 1 is 1.40 bits per heavy atom. The summed E-state index contributed by atoms with van der Waals surface area (Å²) in [5.41, 5.74) is 0. The van der Waals surface area contributed by atoms with E-state index in [0.29, 0.717) is 18.9 Å². The molecule has 0 aromatic rings. The Bertz CT molecular complexity index is 185. The van der Waals surface area contributed by atoms with Gasteiger partial charge in [0.2, 0.25) is 0 Å². The molecule has 0 bridgehead atoms. The van der Waals surface area contributed by atoms with Crippen LogP contribution in [-0.4, -0.2) is 23.8 Å². The van der Waals surface area contributed by atoms with E-state index in [-0.39, 0.29) is 0 Å². The van der Waals surface area contributed by atoms with Crippen molar-refractivity contribution < 1.29 is 14.6 Å². The molecular weight excluding hydrogens is 192 g/mol. The molecule has 1 aliphatic carbocycles. The fourth-order valence-corrected chi connectivity index (χ4v) is 2.23. The minimum Gasteiger partial charge on any atom is -0.464 e. The van der Waals surface area contributed by atoms with Gasteiger partial charge in [0, 0.05) is 0 Å². The first-order valence-electron chi connectivity index (χ1n) is 6.08. The Balaban J connectivity index is 2.14. The molecule has 0 aliphatic heterocycles. The first-order valence-corrected chi connectivity index (χ1v) is 6.08. The van der Waals surface area contributed by atoms with Gasteiger partial charge in [-0.25, -0.2) is 4.79 Å². The highest BCUT2D eigenvalue weighted by molar-refractivity contribution is 5.74. The van der Waals surface area contributed by atoms with Gasteiger partial charge in [-0.1, -0.05) is 32.1 Å². The summed E-state index contributed by atoms with van der Waals surface area (Å²) in [5.74, 6) is 0.246.